The highest BCUT2D eigenvalue weighted by Crippen LogP contribution is 2.40. The van der Waals surface area contributed by atoms with E-state index in [9.17, 15) is 14.4 Å². The minimum absolute atomic E-state index is 0.0206. The number of ether oxygens (including phenoxy) is 1. The molecule has 0 bridgehead atoms. The molecule has 1 fully saturated rings. The van der Waals surface area contributed by atoms with Crippen LogP contribution in [0.2, 0.25) is 5.02 Å². The molecule has 3 heterocycles. The Kier molecular flexibility index (Phi) is 9.20. The maximum Gasteiger partial charge on any atom is 0.408 e. The number of amides is 3. The van der Waals surface area contributed by atoms with Crippen LogP contribution in [0.15, 0.2) is 48.7 Å². The van der Waals surface area contributed by atoms with E-state index in [0.717, 1.165) is 35.3 Å². The minimum atomic E-state index is -0.628. The molecule has 3 amide bonds. The lowest BCUT2D eigenvalue weighted by Crippen LogP contribution is -2.44. The van der Waals surface area contributed by atoms with Crippen molar-refractivity contribution in [3.63, 3.8) is 0 Å². The Hall–Kier alpha value is -4.38. The Balaban J connectivity index is 1.14. The predicted molar refractivity (Wildman–Crippen MR) is 175 cm³/mol. The molecule has 3 aromatic rings. The number of likely N-dealkylation sites (tertiary alicyclic amines) is 1. The van der Waals surface area contributed by atoms with E-state index in [0.29, 0.717) is 42.3 Å². The van der Waals surface area contributed by atoms with E-state index < -0.39 is 17.1 Å². The molecule has 2 aliphatic rings. The Morgan fingerprint density at radius 2 is 1.82 bits per heavy atom. The third-order valence-corrected chi connectivity index (χ3v) is 8.33. The number of alkyl carbamates (subject to hydrolysis) is 1. The summed E-state index contributed by atoms with van der Waals surface area (Å²) < 4.78 is 5.20. The molecule has 1 aromatic heterocycles. The molecule has 0 spiro atoms. The van der Waals surface area contributed by atoms with Gasteiger partial charge in [-0.05, 0) is 88.3 Å². The summed E-state index contributed by atoms with van der Waals surface area (Å²) in [7, 11) is 0. The van der Waals surface area contributed by atoms with Gasteiger partial charge in [0, 0.05) is 31.0 Å². The molecule has 4 N–H and O–H groups in total. The number of aromatic nitrogens is 2. The molecule has 0 unspecified atom stereocenters. The number of halogens is 1. The number of piperidine rings is 1. The van der Waals surface area contributed by atoms with E-state index >= 15 is 0 Å². The summed E-state index contributed by atoms with van der Waals surface area (Å²) in [6.45, 7) is 10.8. The quantitative estimate of drug-likeness (QED) is 0.239. The monoisotopic (exact) mass is 633 g/mol. The second kappa shape index (κ2) is 12.9. The predicted octanol–water partition coefficient (Wildman–Crippen LogP) is 5.95. The van der Waals surface area contributed by atoms with Gasteiger partial charge in [-0.15, -0.1) is 0 Å². The largest absolute Gasteiger partial charge is 0.444 e. The first-order valence-corrected chi connectivity index (χ1v) is 15.5. The van der Waals surface area contributed by atoms with E-state index in [1.54, 1.807) is 31.9 Å². The van der Waals surface area contributed by atoms with Gasteiger partial charge in [-0.3, -0.25) is 9.59 Å². The number of anilines is 4. The molecular weight excluding hydrogens is 594 g/mol. The summed E-state index contributed by atoms with van der Waals surface area (Å²) in [5, 5.41) is 12.4. The van der Waals surface area contributed by atoms with Crippen molar-refractivity contribution in [2.45, 2.75) is 70.9 Å². The van der Waals surface area contributed by atoms with Crippen molar-refractivity contribution in [3.05, 3.63) is 70.4 Å². The van der Waals surface area contributed by atoms with Crippen molar-refractivity contribution in [2.24, 2.45) is 0 Å². The maximum absolute atomic E-state index is 12.6. The number of nitrogens with zero attached hydrogens (tertiary/aromatic N) is 3. The van der Waals surface area contributed by atoms with Crippen LogP contribution in [0.3, 0.4) is 0 Å². The number of nitrogens with one attached hydrogen (secondary N) is 4. The summed E-state index contributed by atoms with van der Waals surface area (Å²) in [4.78, 5) is 47.6. The number of rotatable bonds is 8. The van der Waals surface area contributed by atoms with Gasteiger partial charge in [0.1, 0.15) is 17.2 Å². The van der Waals surface area contributed by atoms with Gasteiger partial charge < -0.3 is 30.9 Å². The highest BCUT2D eigenvalue weighted by molar-refractivity contribution is 6.32. The van der Waals surface area contributed by atoms with Gasteiger partial charge >= 0.3 is 6.09 Å². The van der Waals surface area contributed by atoms with Crippen molar-refractivity contribution in [1.82, 2.24) is 20.2 Å². The number of carbonyl (C=O) groups is 3. The van der Waals surface area contributed by atoms with E-state index in [-0.39, 0.29) is 18.4 Å². The van der Waals surface area contributed by atoms with Crippen molar-refractivity contribution >= 4 is 52.6 Å². The van der Waals surface area contributed by atoms with E-state index in [1.165, 1.54) is 5.56 Å². The lowest BCUT2D eigenvalue weighted by Gasteiger charge is -2.32. The standard InChI is InChI=1S/C33H40ClN7O4/c1-32(2,3)45-31(44)37-19-26(42)41-15-13-21(14-16-41)20-9-11-23(12-10-20)38-30-36-18-24(34)28(40-30)35-17-22-7-6-8-25-27(22)33(4,5)29(43)39-25/h6-12,18,21H,13-17,19H2,1-5H3,(H,37,44)(H,39,43)(H2,35,36,38,40). The Morgan fingerprint density at radius 3 is 2.51 bits per heavy atom. The fourth-order valence-corrected chi connectivity index (χ4v) is 5.87. The molecule has 45 heavy (non-hydrogen) atoms. The number of hydrogen-bond acceptors (Lipinski definition) is 8. The van der Waals surface area contributed by atoms with Gasteiger partial charge in [-0.1, -0.05) is 35.9 Å². The van der Waals surface area contributed by atoms with Crippen LogP contribution in [0.1, 0.15) is 70.1 Å². The fourth-order valence-electron chi connectivity index (χ4n) is 5.72. The lowest BCUT2D eigenvalue weighted by molar-refractivity contribution is -0.131. The zero-order valence-electron chi connectivity index (χ0n) is 26.3. The van der Waals surface area contributed by atoms with Crippen LogP contribution >= 0.6 is 11.6 Å². The van der Waals surface area contributed by atoms with Crippen LogP contribution in [-0.4, -0.2) is 58.0 Å². The molecule has 5 rings (SSSR count). The average molecular weight is 634 g/mol. The highest BCUT2D eigenvalue weighted by Gasteiger charge is 2.40. The highest BCUT2D eigenvalue weighted by atomic mass is 35.5. The van der Waals surface area contributed by atoms with Crippen LogP contribution in [-0.2, 0) is 26.3 Å². The summed E-state index contributed by atoms with van der Waals surface area (Å²) >= 11 is 6.42. The molecule has 0 atom stereocenters. The van der Waals surface area contributed by atoms with Crippen molar-refractivity contribution in [1.29, 1.82) is 0 Å². The Morgan fingerprint density at radius 1 is 1.11 bits per heavy atom. The van der Waals surface area contributed by atoms with E-state index in [4.69, 9.17) is 16.3 Å². The minimum Gasteiger partial charge on any atom is -0.444 e. The molecule has 0 saturated carbocycles. The van der Waals surface area contributed by atoms with Crippen LogP contribution < -0.4 is 21.3 Å². The number of hydrogen-bond donors (Lipinski definition) is 4. The van der Waals surface area contributed by atoms with Crippen LogP contribution in [0, 0.1) is 0 Å². The maximum atomic E-state index is 12.6. The number of carbonyl (C=O) groups excluding carboxylic acids is 3. The average Bonchev–Trinajstić information content (AvgIpc) is 3.23. The van der Waals surface area contributed by atoms with Crippen LogP contribution in [0.25, 0.3) is 0 Å². The van der Waals surface area contributed by atoms with E-state index in [2.05, 4.69) is 43.4 Å². The first kappa shape index (κ1) is 32.0. The molecule has 0 radical (unpaired) electrons. The lowest BCUT2D eigenvalue weighted by atomic mass is 9.83. The third kappa shape index (κ3) is 7.65. The van der Waals surface area contributed by atoms with Crippen molar-refractivity contribution in [3.8, 4) is 0 Å². The SMILES string of the molecule is CC(C)(C)OC(=O)NCC(=O)N1CCC(c2ccc(Nc3ncc(Cl)c(NCc4cccc5c4C(C)(C)C(=O)N5)n3)cc2)CC1. The first-order valence-electron chi connectivity index (χ1n) is 15.1. The molecule has 11 nitrogen and oxygen atoms in total. The number of fused-ring (bicyclic) bond motifs is 1. The third-order valence-electron chi connectivity index (χ3n) is 8.05. The molecular formula is C33H40ClN7O4. The zero-order chi connectivity index (χ0) is 32.4. The zero-order valence-corrected chi connectivity index (χ0v) is 27.0. The van der Waals surface area contributed by atoms with Gasteiger partial charge in [0.05, 0.1) is 11.6 Å². The molecule has 2 aromatic carbocycles. The molecule has 2 aliphatic heterocycles. The van der Waals surface area contributed by atoms with Crippen molar-refractivity contribution < 1.29 is 19.1 Å². The topological polar surface area (TPSA) is 138 Å². The van der Waals surface area contributed by atoms with Crippen LogP contribution in [0.4, 0.5) is 27.9 Å². The fraction of sp³-hybridized carbons (Fsp3) is 0.424. The van der Waals surface area contributed by atoms with Gasteiger partial charge in [-0.2, -0.15) is 4.98 Å². The second-order valence-electron chi connectivity index (χ2n) is 12.9. The first-order chi connectivity index (χ1) is 21.3. The molecule has 238 valence electrons. The summed E-state index contributed by atoms with van der Waals surface area (Å²) in [5.74, 6) is 1.09. The Labute approximate surface area is 268 Å². The van der Waals surface area contributed by atoms with Crippen LogP contribution in [0.5, 0.6) is 0 Å². The summed E-state index contributed by atoms with van der Waals surface area (Å²) in [6, 6.07) is 14.0. The summed E-state index contributed by atoms with van der Waals surface area (Å²) in [5.41, 5.74) is 3.58. The Bertz CT molecular complexity index is 1580. The number of benzene rings is 2. The van der Waals surface area contributed by atoms with Gasteiger partial charge in [0.2, 0.25) is 17.8 Å². The van der Waals surface area contributed by atoms with Gasteiger partial charge in [0.25, 0.3) is 0 Å². The molecule has 1 saturated heterocycles. The summed E-state index contributed by atoms with van der Waals surface area (Å²) in [6.07, 6.45) is 2.64. The van der Waals surface area contributed by atoms with Gasteiger partial charge in [-0.25, -0.2) is 9.78 Å². The van der Waals surface area contributed by atoms with Gasteiger partial charge in [0.15, 0.2) is 5.82 Å². The smallest absolute Gasteiger partial charge is 0.408 e. The second-order valence-corrected chi connectivity index (χ2v) is 13.3. The molecule has 0 aliphatic carbocycles. The van der Waals surface area contributed by atoms with Crippen molar-refractivity contribution in [2.75, 3.05) is 35.6 Å². The van der Waals surface area contributed by atoms with E-state index in [1.807, 2.05) is 44.2 Å². The molecule has 12 heteroatoms. The normalized spacial score (nSPS) is 16.0.